The van der Waals surface area contributed by atoms with E-state index in [9.17, 15) is 22.4 Å². The first-order valence-electron chi connectivity index (χ1n) is 8.32. The molecule has 2 N–H and O–H groups in total. The van der Waals surface area contributed by atoms with Gasteiger partial charge in [-0.3, -0.25) is 9.78 Å². The first-order valence-corrected chi connectivity index (χ1v) is 8.32. The number of pyridine rings is 1. The molecule has 0 aliphatic rings. The van der Waals surface area contributed by atoms with Crippen molar-refractivity contribution in [1.82, 2.24) is 10.3 Å². The first kappa shape index (κ1) is 19.3. The largest absolute Gasteiger partial charge is 0.352 e. The van der Waals surface area contributed by atoms with E-state index in [0.29, 0.717) is 13.0 Å². The summed E-state index contributed by atoms with van der Waals surface area (Å²) in [6.45, 7) is 0.319. The molecule has 0 aliphatic carbocycles. The molecule has 28 heavy (non-hydrogen) atoms. The second-order valence-electron chi connectivity index (χ2n) is 5.94. The topological polar surface area (TPSA) is 54.0 Å². The fraction of sp³-hybridized carbons (Fsp3) is 0.100. The molecule has 2 aromatic carbocycles. The van der Waals surface area contributed by atoms with Gasteiger partial charge in [0.05, 0.1) is 23.1 Å². The summed E-state index contributed by atoms with van der Waals surface area (Å²) in [5, 5.41) is 5.26. The van der Waals surface area contributed by atoms with Crippen LogP contribution in [-0.2, 0) is 6.42 Å². The van der Waals surface area contributed by atoms with Crippen molar-refractivity contribution in [2.75, 3.05) is 11.9 Å². The molecule has 4 nitrogen and oxygen atoms in total. The highest BCUT2D eigenvalue weighted by molar-refractivity contribution is 5.94. The van der Waals surface area contributed by atoms with E-state index in [1.54, 1.807) is 12.1 Å². The third kappa shape index (κ3) is 4.64. The Morgan fingerprint density at radius 3 is 2.43 bits per heavy atom. The molecule has 0 unspecified atom stereocenters. The van der Waals surface area contributed by atoms with E-state index in [1.165, 1.54) is 30.6 Å². The summed E-state index contributed by atoms with van der Waals surface area (Å²) >= 11 is 0. The monoisotopic (exact) mass is 389 g/mol. The van der Waals surface area contributed by atoms with Crippen LogP contribution in [0.4, 0.5) is 28.9 Å². The minimum absolute atomic E-state index is 0.201. The van der Waals surface area contributed by atoms with Crippen LogP contribution in [0.5, 0.6) is 0 Å². The number of anilines is 2. The second-order valence-corrected chi connectivity index (χ2v) is 5.94. The van der Waals surface area contributed by atoms with Gasteiger partial charge in [0, 0.05) is 12.7 Å². The summed E-state index contributed by atoms with van der Waals surface area (Å²) < 4.78 is 52.9. The van der Waals surface area contributed by atoms with Crippen molar-refractivity contribution in [3.8, 4) is 0 Å². The van der Waals surface area contributed by atoms with E-state index in [-0.39, 0.29) is 22.8 Å². The summed E-state index contributed by atoms with van der Waals surface area (Å²) in [5.74, 6) is -5.00. The van der Waals surface area contributed by atoms with E-state index in [0.717, 1.165) is 17.7 Å². The van der Waals surface area contributed by atoms with Gasteiger partial charge in [-0.2, -0.15) is 0 Å². The molecule has 3 aromatic rings. The molecule has 1 heterocycles. The molecular formula is C20H15F4N3O. The van der Waals surface area contributed by atoms with Crippen LogP contribution in [0.25, 0.3) is 0 Å². The fourth-order valence-electron chi connectivity index (χ4n) is 2.48. The number of halogens is 4. The predicted molar refractivity (Wildman–Crippen MR) is 96.3 cm³/mol. The summed E-state index contributed by atoms with van der Waals surface area (Å²) in [6.07, 6.45) is 3.15. The Morgan fingerprint density at radius 1 is 0.929 bits per heavy atom. The molecule has 0 fully saturated rings. The number of hydrogen-bond acceptors (Lipinski definition) is 3. The maximum atomic E-state index is 13.8. The zero-order valence-electron chi connectivity index (χ0n) is 14.5. The van der Waals surface area contributed by atoms with Crippen LogP contribution in [0.15, 0.2) is 54.9 Å². The van der Waals surface area contributed by atoms with Crippen LogP contribution in [0.2, 0.25) is 0 Å². The van der Waals surface area contributed by atoms with Gasteiger partial charge in [0.25, 0.3) is 5.91 Å². The first-order chi connectivity index (χ1) is 13.4. The number of carbonyl (C=O) groups is 1. The molecule has 0 spiro atoms. The number of hydrogen-bond donors (Lipinski definition) is 2. The zero-order valence-corrected chi connectivity index (χ0v) is 14.5. The number of nitrogens with zero attached hydrogens (tertiary/aromatic N) is 1. The number of rotatable bonds is 6. The highest BCUT2D eigenvalue weighted by atomic mass is 19.2. The van der Waals surface area contributed by atoms with Crippen molar-refractivity contribution in [3.05, 3.63) is 89.3 Å². The van der Waals surface area contributed by atoms with Crippen molar-refractivity contribution in [2.45, 2.75) is 6.42 Å². The lowest BCUT2D eigenvalue weighted by atomic mass is 10.1. The molecular weight excluding hydrogens is 374 g/mol. The quantitative estimate of drug-likeness (QED) is 0.487. The molecule has 3 rings (SSSR count). The molecule has 0 radical (unpaired) electrons. The van der Waals surface area contributed by atoms with E-state index in [2.05, 4.69) is 15.6 Å². The third-order valence-corrected chi connectivity index (χ3v) is 3.93. The highest BCUT2D eigenvalue weighted by Gasteiger charge is 2.14. The average molecular weight is 389 g/mol. The molecule has 1 amide bonds. The van der Waals surface area contributed by atoms with E-state index in [4.69, 9.17) is 0 Å². The summed E-state index contributed by atoms with van der Waals surface area (Å²) in [5.41, 5.74) is 1.02. The molecule has 144 valence electrons. The molecule has 0 saturated carbocycles. The molecule has 0 aliphatic heterocycles. The van der Waals surface area contributed by atoms with E-state index >= 15 is 0 Å². The lowest BCUT2D eigenvalue weighted by molar-refractivity contribution is 0.0954. The molecule has 0 saturated heterocycles. The summed E-state index contributed by atoms with van der Waals surface area (Å²) in [7, 11) is 0. The van der Waals surface area contributed by atoms with Gasteiger partial charge in [-0.1, -0.05) is 12.1 Å². The SMILES string of the molecule is O=C(NCCc1ccc(F)cc1)c1cncc(Nc2ccc(F)c(F)c2F)c1. The van der Waals surface area contributed by atoms with Crippen LogP contribution in [0, 0.1) is 23.3 Å². The minimum Gasteiger partial charge on any atom is -0.352 e. The number of carbonyl (C=O) groups excluding carboxylic acids is 1. The van der Waals surface area contributed by atoms with Crippen molar-refractivity contribution in [1.29, 1.82) is 0 Å². The van der Waals surface area contributed by atoms with Gasteiger partial charge in [0.15, 0.2) is 17.5 Å². The molecule has 0 bridgehead atoms. The maximum absolute atomic E-state index is 13.8. The normalized spacial score (nSPS) is 10.6. The van der Waals surface area contributed by atoms with Crippen LogP contribution >= 0.6 is 0 Å². The zero-order chi connectivity index (χ0) is 20.1. The van der Waals surface area contributed by atoms with Gasteiger partial charge in [-0.05, 0) is 42.3 Å². The van der Waals surface area contributed by atoms with Crippen LogP contribution in [-0.4, -0.2) is 17.4 Å². The number of aromatic nitrogens is 1. The Kier molecular flexibility index (Phi) is 5.88. The van der Waals surface area contributed by atoms with Gasteiger partial charge < -0.3 is 10.6 Å². The summed E-state index contributed by atoms with van der Waals surface area (Å²) in [4.78, 5) is 16.1. The smallest absolute Gasteiger partial charge is 0.252 e. The van der Waals surface area contributed by atoms with Crippen molar-refractivity contribution < 1.29 is 22.4 Å². The molecule has 8 heteroatoms. The second kappa shape index (κ2) is 8.51. The maximum Gasteiger partial charge on any atom is 0.252 e. The molecule has 1 aromatic heterocycles. The van der Waals surface area contributed by atoms with Gasteiger partial charge in [-0.25, -0.2) is 17.6 Å². The van der Waals surface area contributed by atoms with Crippen molar-refractivity contribution >= 4 is 17.3 Å². The Balaban J connectivity index is 1.63. The Labute approximate surface area is 158 Å². The lowest BCUT2D eigenvalue weighted by Crippen LogP contribution is -2.25. The van der Waals surface area contributed by atoms with Crippen LogP contribution < -0.4 is 10.6 Å². The Morgan fingerprint density at radius 2 is 1.68 bits per heavy atom. The standard InChI is InChI=1S/C20H15F4N3O/c21-14-3-1-12(2-4-14)7-8-26-20(28)13-9-15(11-25-10-13)27-17-6-5-16(22)18(23)19(17)24/h1-6,9-11,27H,7-8H2,(H,26,28). The third-order valence-electron chi connectivity index (χ3n) is 3.93. The van der Waals surface area contributed by atoms with Crippen molar-refractivity contribution in [3.63, 3.8) is 0 Å². The molecule has 0 atom stereocenters. The lowest BCUT2D eigenvalue weighted by Gasteiger charge is -2.10. The number of benzene rings is 2. The van der Waals surface area contributed by atoms with E-state index < -0.39 is 23.4 Å². The summed E-state index contributed by atoms with van der Waals surface area (Å²) in [6, 6.07) is 9.18. The van der Waals surface area contributed by atoms with Gasteiger partial charge >= 0.3 is 0 Å². The number of nitrogens with one attached hydrogen (secondary N) is 2. The minimum atomic E-state index is -1.59. The fourth-order valence-corrected chi connectivity index (χ4v) is 2.48. The van der Waals surface area contributed by atoms with Crippen molar-refractivity contribution in [2.24, 2.45) is 0 Å². The van der Waals surface area contributed by atoms with Crippen LogP contribution in [0.1, 0.15) is 15.9 Å². The Bertz CT molecular complexity index is 993. The van der Waals surface area contributed by atoms with Crippen LogP contribution in [0.3, 0.4) is 0 Å². The van der Waals surface area contributed by atoms with Gasteiger partial charge in [0.1, 0.15) is 5.82 Å². The van der Waals surface area contributed by atoms with Gasteiger partial charge in [-0.15, -0.1) is 0 Å². The average Bonchev–Trinajstić information content (AvgIpc) is 2.70. The van der Waals surface area contributed by atoms with Gasteiger partial charge in [0.2, 0.25) is 0 Å². The Hall–Kier alpha value is -3.42. The highest BCUT2D eigenvalue weighted by Crippen LogP contribution is 2.23. The van der Waals surface area contributed by atoms with E-state index in [1.807, 2.05) is 0 Å². The number of amides is 1. The predicted octanol–water partition coefficient (Wildman–Crippen LogP) is 4.35.